The van der Waals surface area contributed by atoms with E-state index in [4.69, 9.17) is 26.2 Å². The van der Waals surface area contributed by atoms with Gasteiger partial charge in [-0.05, 0) is 57.7 Å². The third-order valence-electron chi connectivity index (χ3n) is 10.5. The number of nitrogens with zero attached hydrogens (tertiary/aromatic N) is 6. The number of H-pyrrole nitrogens is 1. The van der Waals surface area contributed by atoms with Crippen LogP contribution in [-0.2, 0) is 14.3 Å². The first-order valence-electron chi connectivity index (χ1n) is 15.7. The van der Waals surface area contributed by atoms with E-state index in [1.54, 1.807) is 14.2 Å². The van der Waals surface area contributed by atoms with Crippen molar-refractivity contribution < 1.29 is 14.3 Å². The van der Waals surface area contributed by atoms with Crippen molar-refractivity contribution in [3.63, 3.8) is 0 Å². The average molecular weight is 624 g/mol. The second-order valence-corrected chi connectivity index (χ2v) is 13.8. The number of fused-ring (bicyclic) bond motifs is 1. The number of piperazine rings is 1. The van der Waals surface area contributed by atoms with Gasteiger partial charge < -0.3 is 19.3 Å². The molecule has 1 spiro atoms. The summed E-state index contributed by atoms with van der Waals surface area (Å²) < 4.78 is 13.4. The van der Waals surface area contributed by atoms with Crippen LogP contribution in [0.1, 0.15) is 50.4 Å². The number of benzene rings is 1. The van der Waals surface area contributed by atoms with Crippen molar-refractivity contribution in [2.45, 2.75) is 64.6 Å². The van der Waals surface area contributed by atoms with Crippen LogP contribution in [0.3, 0.4) is 0 Å². The highest BCUT2D eigenvalue weighted by molar-refractivity contribution is 6.36. The first-order valence-corrected chi connectivity index (χ1v) is 16.1. The van der Waals surface area contributed by atoms with Crippen LogP contribution in [0, 0.1) is 19.3 Å². The number of aryl methyl sites for hydroxylation is 1. The fourth-order valence-electron chi connectivity index (χ4n) is 7.92. The van der Waals surface area contributed by atoms with E-state index in [0.717, 1.165) is 96.1 Å². The van der Waals surface area contributed by atoms with Crippen LogP contribution >= 0.6 is 11.6 Å². The second kappa shape index (κ2) is 11.8. The van der Waals surface area contributed by atoms with E-state index >= 15 is 0 Å². The van der Waals surface area contributed by atoms with Gasteiger partial charge in [0.1, 0.15) is 0 Å². The predicted octanol–water partition coefficient (Wildman–Crippen LogP) is 5.00. The van der Waals surface area contributed by atoms with Crippen LogP contribution in [0.5, 0.6) is 0 Å². The first kappa shape index (κ1) is 31.1. The van der Waals surface area contributed by atoms with Gasteiger partial charge in [0.25, 0.3) is 0 Å². The van der Waals surface area contributed by atoms with Crippen LogP contribution in [0.25, 0.3) is 22.0 Å². The quantitative estimate of drug-likeness (QED) is 0.318. The zero-order valence-corrected chi connectivity index (χ0v) is 27.7. The number of methoxy groups -OCH3 is 2. The fourth-order valence-corrected chi connectivity index (χ4v) is 8.18. The Morgan fingerprint density at radius 3 is 2.52 bits per heavy atom. The molecule has 1 amide bonds. The Morgan fingerprint density at radius 1 is 1.18 bits per heavy atom. The number of ether oxygens (including phenoxy) is 2. The molecule has 6 rings (SSSR count). The van der Waals surface area contributed by atoms with Gasteiger partial charge in [0.15, 0.2) is 5.82 Å². The molecule has 1 saturated carbocycles. The van der Waals surface area contributed by atoms with Crippen LogP contribution in [0.15, 0.2) is 24.9 Å². The molecule has 1 aromatic carbocycles. The van der Waals surface area contributed by atoms with Crippen molar-refractivity contribution in [3.8, 4) is 11.1 Å². The number of anilines is 1. The molecule has 2 aliphatic heterocycles. The van der Waals surface area contributed by atoms with Crippen LogP contribution in [0.4, 0.5) is 5.82 Å². The Kier molecular flexibility index (Phi) is 8.32. The number of halogens is 1. The number of likely N-dealkylation sites (tertiary alicyclic amines) is 1. The lowest BCUT2D eigenvalue weighted by Gasteiger charge is -2.58. The van der Waals surface area contributed by atoms with Crippen LogP contribution < -0.4 is 4.90 Å². The summed E-state index contributed by atoms with van der Waals surface area (Å²) in [5.74, 6) is 1.00. The van der Waals surface area contributed by atoms with Crippen molar-refractivity contribution in [1.29, 1.82) is 0 Å². The lowest BCUT2D eigenvalue weighted by Crippen LogP contribution is -2.64. The maximum atomic E-state index is 12.1. The fraction of sp³-hybridized carbons (Fsp3) is 0.606. The molecule has 1 atom stereocenters. The lowest BCUT2D eigenvalue weighted by molar-refractivity contribution is -0.149. The molecular weight excluding hydrogens is 578 g/mol. The van der Waals surface area contributed by atoms with Gasteiger partial charge in [0.05, 0.1) is 47.6 Å². The van der Waals surface area contributed by atoms with Gasteiger partial charge in [0, 0.05) is 74.6 Å². The lowest BCUT2D eigenvalue weighted by atomic mass is 9.60. The summed E-state index contributed by atoms with van der Waals surface area (Å²) in [6.07, 6.45) is 6.26. The van der Waals surface area contributed by atoms with E-state index in [9.17, 15) is 4.79 Å². The number of carbonyl (C=O) groups excluding carboxylic acids is 1. The Labute approximate surface area is 265 Å². The summed E-state index contributed by atoms with van der Waals surface area (Å²) in [4.78, 5) is 19.0. The molecule has 11 heteroatoms. The van der Waals surface area contributed by atoms with E-state index < -0.39 is 0 Å². The maximum absolute atomic E-state index is 12.1. The van der Waals surface area contributed by atoms with Gasteiger partial charge in [-0.2, -0.15) is 10.2 Å². The molecule has 238 valence electrons. The molecule has 0 unspecified atom stereocenters. The number of hydrogen-bond donors (Lipinski definition) is 1. The van der Waals surface area contributed by atoms with Gasteiger partial charge in [-0.15, -0.1) is 0 Å². The molecule has 3 aromatic rings. The zero-order chi connectivity index (χ0) is 31.4. The van der Waals surface area contributed by atoms with Crippen molar-refractivity contribution in [3.05, 3.63) is 41.2 Å². The molecule has 2 aromatic heterocycles. The van der Waals surface area contributed by atoms with Crippen LogP contribution in [0.2, 0.25) is 5.02 Å². The zero-order valence-electron chi connectivity index (χ0n) is 27.0. The first-order chi connectivity index (χ1) is 21.1. The predicted molar refractivity (Wildman–Crippen MR) is 174 cm³/mol. The Bertz CT molecular complexity index is 1550. The molecule has 44 heavy (non-hydrogen) atoms. The summed E-state index contributed by atoms with van der Waals surface area (Å²) in [5, 5.41) is 14.8. The van der Waals surface area contributed by atoms with Crippen LogP contribution in [-0.4, -0.2) is 107 Å². The smallest absolute Gasteiger partial charge is 0.245 e. The Balaban J connectivity index is 1.41. The van der Waals surface area contributed by atoms with E-state index in [1.165, 1.54) is 6.08 Å². The topological polar surface area (TPSA) is 91.8 Å². The molecule has 2 saturated heterocycles. The molecular formula is C33H46ClN7O3. The van der Waals surface area contributed by atoms with E-state index in [1.807, 2.05) is 11.1 Å². The van der Waals surface area contributed by atoms with Gasteiger partial charge in [-0.1, -0.05) is 25.1 Å². The molecule has 1 aliphatic carbocycles. The molecule has 3 aliphatic rings. The number of aromatic amines is 1. The molecule has 0 bridgehead atoms. The highest BCUT2D eigenvalue weighted by atomic mass is 35.5. The van der Waals surface area contributed by atoms with Crippen molar-refractivity contribution in [1.82, 2.24) is 29.8 Å². The molecule has 1 N–H and O–H groups in total. The number of aromatic nitrogens is 4. The van der Waals surface area contributed by atoms with Crippen molar-refractivity contribution >= 4 is 34.2 Å². The Morgan fingerprint density at radius 2 is 1.89 bits per heavy atom. The largest absolute Gasteiger partial charge is 0.383 e. The summed E-state index contributed by atoms with van der Waals surface area (Å²) in [5.41, 5.74) is 5.17. The highest BCUT2D eigenvalue weighted by Gasteiger charge is 2.55. The number of amides is 1. The average Bonchev–Trinajstić information content (AvgIpc) is 3.56. The van der Waals surface area contributed by atoms with E-state index in [-0.39, 0.29) is 28.9 Å². The second-order valence-electron chi connectivity index (χ2n) is 13.4. The standard InChI is InChI=1S/C33H46ClN7O3/c1-8-27(42)39-19-33(20-39)13-23(14-33)41-22(4)28(29-25-15-35-36-26(25)12-21(3)30(29)34)31(37-41)40-11-10-38(18-32(40,5)9-2)24(16-43-6)17-44-7/h8,12,15,23-24H,1,9-11,13-14,16-20H2,2-7H3,(H,35,36)/t32-/m0/s1. The minimum absolute atomic E-state index is 0.0216. The number of hydrogen-bond acceptors (Lipinski definition) is 7. The third kappa shape index (κ3) is 5.04. The van der Waals surface area contributed by atoms with Crippen molar-refractivity contribution in [2.24, 2.45) is 5.41 Å². The number of carbonyl (C=O) groups is 1. The Hall–Kier alpha value is -2.92. The van der Waals surface area contributed by atoms with Gasteiger partial charge in [-0.25, -0.2) is 0 Å². The van der Waals surface area contributed by atoms with Crippen molar-refractivity contribution in [2.75, 3.05) is 65.1 Å². The molecule has 3 fully saturated rings. The highest BCUT2D eigenvalue weighted by Crippen LogP contribution is 2.56. The normalized spacial score (nSPS) is 22.2. The van der Waals surface area contributed by atoms with Gasteiger partial charge in [-0.3, -0.25) is 19.5 Å². The molecule has 0 radical (unpaired) electrons. The molecule has 4 heterocycles. The van der Waals surface area contributed by atoms with E-state index in [0.29, 0.717) is 13.2 Å². The summed E-state index contributed by atoms with van der Waals surface area (Å²) in [7, 11) is 3.51. The molecule has 10 nitrogen and oxygen atoms in total. The monoisotopic (exact) mass is 623 g/mol. The SMILES string of the molecule is C=CC(=O)N1CC2(CC(n3nc(N4CCN(C(COC)COC)C[C@]4(C)CC)c(-c4c(Cl)c(C)cc5[nH]ncc45)c3C)C2)C1. The number of rotatable bonds is 10. The maximum Gasteiger partial charge on any atom is 0.245 e. The third-order valence-corrected chi connectivity index (χ3v) is 11.0. The van der Waals surface area contributed by atoms with Gasteiger partial charge in [0.2, 0.25) is 5.91 Å². The van der Waals surface area contributed by atoms with E-state index in [2.05, 4.69) is 65.0 Å². The number of nitrogens with one attached hydrogen (secondary N) is 1. The minimum atomic E-state index is -0.176. The van der Waals surface area contributed by atoms with Gasteiger partial charge >= 0.3 is 0 Å². The minimum Gasteiger partial charge on any atom is -0.383 e. The summed E-state index contributed by atoms with van der Waals surface area (Å²) in [6, 6.07) is 2.53. The summed E-state index contributed by atoms with van der Waals surface area (Å²) in [6.45, 7) is 17.9. The summed E-state index contributed by atoms with van der Waals surface area (Å²) >= 11 is 7.18.